The smallest absolute Gasteiger partial charge is 0.437 e. The molecule has 0 saturated carbocycles. The van der Waals surface area contributed by atoms with Crippen LogP contribution in [0.15, 0.2) is 29.3 Å². The van der Waals surface area contributed by atoms with Crippen LogP contribution in [0.25, 0.3) is 0 Å². The molecule has 1 aromatic carbocycles. The topological polar surface area (TPSA) is 124 Å². The number of nitrogens with zero attached hydrogens (tertiary/aromatic N) is 3. The zero-order valence-corrected chi connectivity index (χ0v) is 27.7. The molecule has 0 bridgehead atoms. The Bertz CT molecular complexity index is 1090. The molecule has 0 radical (unpaired) electrons. The second-order valence-corrected chi connectivity index (χ2v) is 14.1. The standard InChI is InChI=1S/C28H42IN3O8/c1-25(2,3)37-21(33)30-20(32(23(35)39-27(7,8)9)24(36)40-28(10,11)12)31(22(34)38-26(4,5)6)17-18-14-13-15-19(29)16-18/h13-16H,17H2,1-12H3/b30-20-. The number of halogens is 1. The second-order valence-electron chi connectivity index (χ2n) is 12.9. The van der Waals surface area contributed by atoms with Crippen LogP contribution in [0.5, 0.6) is 0 Å². The van der Waals surface area contributed by atoms with Gasteiger partial charge < -0.3 is 18.9 Å². The highest BCUT2D eigenvalue weighted by molar-refractivity contribution is 14.1. The Morgan fingerprint density at radius 1 is 0.700 bits per heavy atom. The number of hydrogen-bond acceptors (Lipinski definition) is 8. The number of benzene rings is 1. The van der Waals surface area contributed by atoms with E-state index in [9.17, 15) is 19.2 Å². The molecule has 11 nitrogen and oxygen atoms in total. The largest absolute Gasteiger partial charge is 0.443 e. The van der Waals surface area contributed by atoms with Gasteiger partial charge in [0.25, 0.3) is 0 Å². The first kappa shape index (κ1) is 35.1. The molecular formula is C28H42IN3O8. The highest BCUT2D eigenvalue weighted by Gasteiger charge is 2.41. The van der Waals surface area contributed by atoms with E-state index in [0.29, 0.717) is 10.5 Å². The number of amides is 4. The Morgan fingerprint density at radius 2 is 1.12 bits per heavy atom. The molecule has 0 aromatic heterocycles. The average molecular weight is 676 g/mol. The van der Waals surface area contributed by atoms with E-state index in [-0.39, 0.29) is 6.54 Å². The summed E-state index contributed by atoms with van der Waals surface area (Å²) in [5.74, 6) is -0.703. The summed E-state index contributed by atoms with van der Waals surface area (Å²) < 4.78 is 22.7. The molecule has 224 valence electrons. The number of carbonyl (C=O) groups is 4. The summed E-state index contributed by atoms with van der Waals surface area (Å²) in [6.45, 7) is 19.2. The lowest BCUT2D eigenvalue weighted by molar-refractivity contribution is 0.0103. The van der Waals surface area contributed by atoms with Crippen molar-refractivity contribution in [1.82, 2.24) is 9.80 Å². The quantitative estimate of drug-likeness (QED) is 0.137. The van der Waals surface area contributed by atoms with Crippen LogP contribution < -0.4 is 0 Å². The summed E-state index contributed by atoms with van der Waals surface area (Å²) >= 11 is 2.11. The monoisotopic (exact) mass is 675 g/mol. The fraction of sp³-hybridized carbons (Fsp3) is 0.607. The zero-order chi connectivity index (χ0) is 31.3. The molecule has 0 fully saturated rings. The predicted molar refractivity (Wildman–Crippen MR) is 159 cm³/mol. The van der Waals surface area contributed by atoms with Gasteiger partial charge in [0.1, 0.15) is 22.4 Å². The molecule has 0 aliphatic heterocycles. The Balaban J connectivity index is 3.96. The summed E-state index contributed by atoms with van der Waals surface area (Å²) in [5.41, 5.74) is -3.45. The first-order valence-electron chi connectivity index (χ1n) is 12.7. The number of hydrogen-bond donors (Lipinski definition) is 0. The highest BCUT2D eigenvalue weighted by atomic mass is 127. The van der Waals surface area contributed by atoms with Crippen molar-refractivity contribution in [2.45, 2.75) is 112 Å². The fourth-order valence-corrected chi connectivity index (χ4v) is 3.41. The molecule has 0 aliphatic carbocycles. The second kappa shape index (κ2) is 13.2. The first-order chi connectivity index (χ1) is 17.9. The van der Waals surface area contributed by atoms with E-state index >= 15 is 0 Å². The lowest BCUT2D eigenvalue weighted by Crippen LogP contribution is -2.55. The van der Waals surface area contributed by atoms with Gasteiger partial charge in [-0.2, -0.15) is 0 Å². The van der Waals surface area contributed by atoms with Gasteiger partial charge in [-0.05, 0) is 123 Å². The van der Waals surface area contributed by atoms with E-state index in [2.05, 4.69) is 27.6 Å². The first-order valence-corrected chi connectivity index (χ1v) is 13.8. The lowest BCUT2D eigenvalue weighted by atomic mass is 10.2. The molecule has 0 heterocycles. The van der Waals surface area contributed by atoms with E-state index in [1.54, 1.807) is 101 Å². The van der Waals surface area contributed by atoms with Crippen molar-refractivity contribution in [3.63, 3.8) is 0 Å². The molecule has 0 saturated heterocycles. The summed E-state index contributed by atoms with van der Waals surface area (Å²) in [7, 11) is 0. The van der Waals surface area contributed by atoms with Crippen LogP contribution in [0.4, 0.5) is 19.2 Å². The molecule has 0 unspecified atom stereocenters. The van der Waals surface area contributed by atoms with Crippen LogP contribution >= 0.6 is 22.6 Å². The summed E-state index contributed by atoms with van der Waals surface area (Å²) in [6, 6.07) is 7.14. The van der Waals surface area contributed by atoms with Crippen molar-refractivity contribution < 1.29 is 38.1 Å². The van der Waals surface area contributed by atoms with Gasteiger partial charge in [0.2, 0.25) is 5.96 Å². The van der Waals surface area contributed by atoms with E-state index in [4.69, 9.17) is 18.9 Å². The van der Waals surface area contributed by atoms with Crippen molar-refractivity contribution >= 4 is 52.9 Å². The SMILES string of the molecule is CC(C)(C)OC(=O)/N=C(/N(Cc1cccc(I)c1)C(=O)OC(C)(C)C)N(C(=O)OC(C)(C)C)C(=O)OC(C)(C)C. The molecule has 12 heteroatoms. The summed E-state index contributed by atoms with van der Waals surface area (Å²) in [6.07, 6.45) is -4.58. The van der Waals surface area contributed by atoms with Gasteiger partial charge >= 0.3 is 24.4 Å². The molecule has 1 aromatic rings. The Hall–Kier alpha value is -2.90. The fourth-order valence-electron chi connectivity index (χ4n) is 2.80. The minimum absolute atomic E-state index is 0.227. The minimum Gasteiger partial charge on any atom is -0.443 e. The number of rotatable bonds is 2. The van der Waals surface area contributed by atoms with Gasteiger partial charge in [0, 0.05) is 3.57 Å². The van der Waals surface area contributed by atoms with Crippen LogP contribution in [-0.2, 0) is 25.5 Å². The molecule has 0 aliphatic rings. The Morgan fingerprint density at radius 3 is 1.52 bits per heavy atom. The van der Waals surface area contributed by atoms with Gasteiger partial charge in [-0.1, -0.05) is 12.1 Å². The molecule has 0 N–H and O–H groups in total. The van der Waals surface area contributed by atoms with Crippen LogP contribution in [-0.4, -0.2) is 62.5 Å². The Kier molecular flexibility index (Phi) is 11.6. The van der Waals surface area contributed by atoms with Gasteiger partial charge in [-0.25, -0.2) is 24.1 Å². The van der Waals surface area contributed by atoms with E-state index < -0.39 is 52.7 Å². The normalized spacial score (nSPS) is 12.8. The summed E-state index contributed by atoms with van der Waals surface area (Å²) in [5, 5.41) is 0. The van der Waals surface area contributed by atoms with Crippen molar-refractivity contribution in [1.29, 1.82) is 0 Å². The van der Waals surface area contributed by atoms with Crippen LogP contribution in [0.1, 0.15) is 88.6 Å². The third-order valence-electron chi connectivity index (χ3n) is 4.02. The molecule has 4 amide bonds. The van der Waals surface area contributed by atoms with E-state index in [1.165, 1.54) is 0 Å². The number of ether oxygens (including phenoxy) is 4. The number of carbonyl (C=O) groups excluding carboxylic acids is 4. The highest BCUT2D eigenvalue weighted by Crippen LogP contribution is 2.21. The molecule has 0 spiro atoms. The zero-order valence-electron chi connectivity index (χ0n) is 25.5. The van der Waals surface area contributed by atoms with Crippen LogP contribution in [0.3, 0.4) is 0 Å². The number of aliphatic imine (C=N–C) groups is 1. The lowest BCUT2D eigenvalue weighted by Gasteiger charge is -2.33. The van der Waals surface area contributed by atoms with Gasteiger partial charge in [-0.15, -0.1) is 9.89 Å². The van der Waals surface area contributed by atoms with Crippen LogP contribution in [0.2, 0.25) is 0 Å². The van der Waals surface area contributed by atoms with Crippen molar-refractivity contribution in [2.24, 2.45) is 4.99 Å². The number of guanidine groups is 1. The maximum atomic E-state index is 13.6. The van der Waals surface area contributed by atoms with E-state index in [1.807, 2.05) is 6.07 Å². The third kappa shape index (κ3) is 13.4. The van der Waals surface area contributed by atoms with Gasteiger partial charge in [0.05, 0.1) is 6.54 Å². The maximum absolute atomic E-state index is 13.6. The Labute approximate surface area is 250 Å². The van der Waals surface area contributed by atoms with E-state index in [0.717, 1.165) is 8.47 Å². The average Bonchev–Trinajstić information content (AvgIpc) is 2.66. The van der Waals surface area contributed by atoms with Gasteiger partial charge in [-0.3, -0.25) is 0 Å². The number of imide groups is 1. The van der Waals surface area contributed by atoms with Crippen molar-refractivity contribution in [3.8, 4) is 0 Å². The van der Waals surface area contributed by atoms with Gasteiger partial charge in [0.15, 0.2) is 0 Å². The molecule has 1 rings (SSSR count). The predicted octanol–water partition coefficient (Wildman–Crippen LogP) is 7.49. The summed E-state index contributed by atoms with van der Waals surface area (Å²) in [4.78, 5) is 58.8. The molecule has 40 heavy (non-hydrogen) atoms. The maximum Gasteiger partial charge on any atom is 0.437 e. The molecule has 0 atom stereocenters. The van der Waals surface area contributed by atoms with Crippen molar-refractivity contribution in [3.05, 3.63) is 33.4 Å². The van der Waals surface area contributed by atoms with Crippen molar-refractivity contribution in [2.75, 3.05) is 0 Å². The third-order valence-corrected chi connectivity index (χ3v) is 4.69. The van der Waals surface area contributed by atoms with Crippen LogP contribution in [0, 0.1) is 3.57 Å². The minimum atomic E-state index is -1.22. The molecular weight excluding hydrogens is 633 g/mol.